The van der Waals surface area contributed by atoms with Crippen molar-refractivity contribution in [3.05, 3.63) is 107 Å². The van der Waals surface area contributed by atoms with Gasteiger partial charge in [0.2, 0.25) is 0 Å². The number of nitrogens with zero attached hydrogens (tertiary/aromatic N) is 3. The third-order valence-corrected chi connectivity index (χ3v) is 9.61. The van der Waals surface area contributed by atoms with Crippen molar-refractivity contribution in [1.82, 2.24) is 15.0 Å². The number of thioether (sulfide) groups is 1. The molecule has 15 heteroatoms. The molecule has 4 N–H and O–H groups in total. The Balaban J connectivity index is 1.57. The Morgan fingerprint density at radius 2 is 1.57 bits per heavy atom. The highest BCUT2D eigenvalue weighted by Gasteiger charge is 2.50. The topological polar surface area (TPSA) is 121 Å². The summed E-state index contributed by atoms with van der Waals surface area (Å²) in [5.74, 6) is -4.67. The molecule has 0 spiro atoms. The number of ether oxygens (including phenoxy) is 1. The highest BCUT2D eigenvalue weighted by Crippen LogP contribution is 2.52. The van der Waals surface area contributed by atoms with E-state index in [1.165, 1.54) is 25.1 Å². The van der Waals surface area contributed by atoms with Gasteiger partial charge in [0.05, 0.1) is 23.6 Å². The molecule has 5 rings (SSSR count). The second-order valence-corrected chi connectivity index (χ2v) is 12.3. The summed E-state index contributed by atoms with van der Waals surface area (Å²) in [4.78, 5) is 0. The van der Waals surface area contributed by atoms with Gasteiger partial charge in [-0.15, -0.1) is 16.9 Å². The largest absolute Gasteiger partial charge is 0.416 e. The van der Waals surface area contributed by atoms with Crippen LogP contribution in [-0.2, 0) is 16.5 Å². The molecule has 7 atom stereocenters. The molecule has 246 valence electrons. The number of aryl methyl sites for hydroxylation is 1. The summed E-state index contributed by atoms with van der Waals surface area (Å²) in [6.07, 6.45) is -8.48. The van der Waals surface area contributed by atoms with Gasteiger partial charge in [0.1, 0.15) is 41.1 Å². The van der Waals surface area contributed by atoms with E-state index in [9.17, 15) is 46.8 Å². The second kappa shape index (κ2) is 13.0. The van der Waals surface area contributed by atoms with Gasteiger partial charge in [0.15, 0.2) is 17.5 Å². The number of aliphatic hydroxyl groups excluding tert-OH is 3. The van der Waals surface area contributed by atoms with Crippen LogP contribution < -0.4 is 0 Å². The van der Waals surface area contributed by atoms with Gasteiger partial charge in [-0.3, -0.25) is 0 Å². The summed E-state index contributed by atoms with van der Waals surface area (Å²) in [6, 6.07) is 11.2. The van der Waals surface area contributed by atoms with Crippen LogP contribution in [-0.4, -0.2) is 65.8 Å². The van der Waals surface area contributed by atoms with Gasteiger partial charge in [-0.25, -0.2) is 17.9 Å². The number of aliphatic hydroxyl groups is 4. The normalized spacial score (nSPS) is 24.0. The number of hydrogen-bond donors (Lipinski definition) is 4. The van der Waals surface area contributed by atoms with Crippen LogP contribution in [0.2, 0.25) is 0 Å². The molecule has 1 fully saturated rings. The minimum atomic E-state index is -4.81. The summed E-state index contributed by atoms with van der Waals surface area (Å²) < 4.78 is 90.9. The highest BCUT2D eigenvalue weighted by molar-refractivity contribution is 8.00. The highest BCUT2D eigenvalue weighted by atomic mass is 32.2. The second-order valence-electron chi connectivity index (χ2n) is 11.1. The van der Waals surface area contributed by atoms with Crippen LogP contribution in [0.25, 0.3) is 11.3 Å². The van der Waals surface area contributed by atoms with E-state index in [0.29, 0.717) is 35.0 Å². The molecule has 1 aliphatic rings. The Labute approximate surface area is 263 Å². The van der Waals surface area contributed by atoms with Crippen LogP contribution in [0.5, 0.6) is 0 Å². The maximum absolute atomic E-state index is 14.3. The Bertz CT molecular complexity index is 1680. The maximum Gasteiger partial charge on any atom is 0.416 e. The first-order valence-electron chi connectivity index (χ1n) is 13.9. The first-order chi connectivity index (χ1) is 21.6. The van der Waals surface area contributed by atoms with Gasteiger partial charge >= 0.3 is 6.18 Å². The molecule has 0 radical (unpaired) electrons. The number of rotatable bonds is 8. The molecule has 1 aliphatic heterocycles. The quantitative estimate of drug-likeness (QED) is 0.152. The lowest BCUT2D eigenvalue weighted by molar-refractivity contribution is -0.179. The molecule has 46 heavy (non-hydrogen) atoms. The lowest BCUT2D eigenvalue weighted by Crippen LogP contribution is -2.55. The number of hydrogen-bond acceptors (Lipinski definition) is 8. The molecule has 0 bridgehead atoms. The fourth-order valence-corrected chi connectivity index (χ4v) is 7.20. The van der Waals surface area contributed by atoms with Crippen LogP contribution in [0.1, 0.15) is 40.5 Å². The van der Waals surface area contributed by atoms with Crippen molar-refractivity contribution < 1.29 is 51.5 Å². The predicted octanol–water partition coefficient (Wildman–Crippen LogP) is 5.05. The SMILES string of the molecule is Cc1ccccc1C(C)(O)C(S[C@@H]1O[C@H](CO)[C@H](O)[C@H](n2cc(-c3cc(F)c(F)c(F)c3)nn2)[C@H]1O)c1ccccc1C(F)(F)F. The summed E-state index contributed by atoms with van der Waals surface area (Å²) >= 11 is 0.649. The molecule has 0 saturated carbocycles. The lowest BCUT2D eigenvalue weighted by Gasteiger charge is -2.44. The molecule has 4 aromatic rings. The van der Waals surface area contributed by atoms with E-state index >= 15 is 0 Å². The van der Waals surface area contributed by atoms with E-state index in [1.807, 2.05) is 0 Å². The average molecular weight is 670 g/mol. The van der Waals surface area contributed by atoms with Crippen molar-refractivity contribution >= 4 is 11.8 Å². The van der Waals surface area contributed by atoms with E-state index in [4.69, 9.17) is 4.74 Å². The summed E-state index contributed by atoms with van der Waals surface area (Å²) in [5.41, 5.74) is -4.27. The van der Waals surface area contributed by atoms with Crippen LogP contribution in [0.4, 0.5) is 26.3 Å². The standard InChI is InChI=1S/C31H29F6N3O5S/c1-15-7-3-5-9-18(15)30(2,44)28(17-8-4-6-10-19(17)31(35,36)37)46-29-27(43)25(26(42)23(14-41)45-29)40-13-22(38-39-40)16-11-20(32)24(34)21(33)12-16/h3-13,23,25-29,41-44H,14H2,1-2H3/t23-,25+,26+,27-,28?,29+,30?/m1/s1. The zero-order chi connectivity index (χ0) is 33.6. The molecule has 3 aromatic carbocycles. The molecule has 0 amide bonds. The molecule has 2 heterocycles. The van der Waals surface area contributed by atoms with Crippen LogP contribution in [0, 0.1) is 24.4 Å². The maximum atomic E-state index is 14.3. The smallest absolute Gasteiger partial charge is 0.394 e. The third kappa shape index (κ3) is 6.39. The van der Waals surface area contributed by atoms with Gasteiger partial charge in [-0.2, -0.15) is 13.2 Å². The monoisotopic (exact) mass is 669 g/mol. The molecular weight excluding hydrogens is 640 g/mol. The van der Waals surface area contributed by atoms with Crippen molar-refractivity contribution in [2.24, 2.45) is 0 Å². The molecule has 1 aromatic heterocycles. The van der Waals surface area contributed by atoms with E-state index in [-0.39, 0.29) is 16.8 Å². The number of halogens is 6. The molecule has 8 nitrogen and oxygen atoms in total. The Morgan fingerprint density at radius 3 is 2.17 bits per heavy atom. The van der Waals surface area contributed by atoms with Gasteiger partial charge in [-0.1, -0.05) is 47.7 Å². The summed E-state index contributed by atoms with van der Waals surface area (Å²) in [6.45, 7) is 2.24. The number of alkyl halides is 3. The number of benzene rings is 3. The van der Waals surface area contributed by atoms with E-state index in [1.54, 1.807) is 31.2 Å². The third-order valence-electron chi connectivity index (χ3n) is 7.96. The van der Waals surface area contributed by atoms with E-state index in [2.05, 4.69) is 10.3 Å². The van der Waals surface area contributed by atoms with Crippen molar-refractivity contribution in [3.63, 3.8) is 0 Å². The van der Waals surface area contributed by atoms with Crippen molar-refractivity contribution in [2.75, 3.05) is 6.61 Å². The zero-order valence-electron chi connectivity index (χ0n) is 24.2. The molecule has 0 aliphatic carbocycles. The molecule has 1 saturated heterocycles. The van der Waals surface area contributed by atoms with Gasteiger partial charge in [-0.05, 0) is 48.7 Å². The van der Waals surface area contributed by atoms with E-state index in [0.717, 1.165) is 16.9 Å². The van der Waals surface area contributed by atoms with Crippen LogP contribution in [0.3, 0.4) is 0 Å². The van der Waals surface area contributed by atoms with Gasteiger partial charge in [0, 0.05) is 5.56 Å². The van der Waals surface area contributed by atoms with Crippen molar-refractivity contribution in [1.29, 1.82) is 0 Å². The van der Waals surface area contributed by atoms with Crippen LogP contribution >= 0.6 is 11.8 Å². The number of aromatic nitrogens is 3. The zero-order valence-corrected chi connectivity index (χ0v) is 25.1. The molecular formula is C31H29F6N3O5S. The minimum absolute atomic E-state index is 0.159. The van der Waals surface area contributed by atoms with Gasteiger partial charge < -0.3 is 25.2 Å². The minimum Gasteiger partial charge on any atom is -0.394 e. The predicted molar refractivity (Wildman–Crippen MR) is 155 cm³/mol. The Kier molecular flexibility index (Phi) is 9.55. The van der Waals surface area contributed by atoms with Gasteiger partial charge in [0.25, 0.3) is 0 Å². The lowest BCUT2D eigenvalue weighted by atomic mass is 9.84. The first kappa shape index (κ1) is 33.9. The van der Waals surface area contributed by atoms with Crippen molar-refractivity contribution in [2.45, 2.75) is 60.7 Å². The average Bonchev–Trinajstić information content (AvgIpc) is 3.49. The Hall–Kier alpha value is -3.47. The van der Waals surface area contributed by atoms with Crippen LogP contribution in [0.15, 0.2) is 66.9 Å². The summed E-state index contributed by atoms with van der Waals surface area (Å²) in [7, 11) is 0. The Morgan fingerprint density at radius 1 is 0.957 bits per heavy atom. The van der Waals surface area contributed by atoms with E-state index < -0.39 is 76.4 Å². The van der Waals surface area contributed by atoms with Crippen molar-refractivity contribution in [3.8, 4) is 11.3 Å². The molecule has 2 unspecified atom stereocenters. The first-order valence-corrected chi connectivity index (χ1v) is 14.9. The fourth-order valence-electron chi connectivity index (χ4n) is 5.66. The fraction of sp³-hybridized carbons (Fsp3) is 0.355. The summed E-state index contributed by atoms with van der Waals surface area (Å²) in [5, 5.41) is 50.9.